The average Bonchev–Trinajstić information content (AvgIpc) is 2.51. The van der Waals surface area contributed by atoms with Crippen molar-refractivity contribution in [3.8, 4) is 6.07 Å². The molecule has 0 aromatic heterocycles. The van der Waals surface area contributed by atoms with Crippen LogP contribution in [0.1, 0.15) is 12.5 Å². The van der Waals surface area contributed by atoms with Crippen LogP contribution in [0, 0.1) is 11.3 Å². The molecule has 1 heterocycles. The lowest BCUT2D eigenvalue weighted by molar-refractivity contribution is 0.184. The highest BCUT2D eigenvalue weighted by atomic mass is 16.3. The molecule has 90 valence electrons. The molecule has 1 saturated heterocycles. The van der Waals surface area contributed by atoms with E-state index in [-0.39, 0.29) is 6.10 Å². The van der Waals surface area contributed by atoms with Crippen LogP contribution in [0.4, 0.5) is 5.69 Å². The monoisotopic (exact) mass is 231 g/mol. The number of hydrogen-bond acceptors (Lipinski definition) is 4. The third-order valence-electron chi connectivity index (χ3n) is 3.07. The van der Waals surface area contributed by atoms with Crippen molar-refractivity contribution in [1.82, 2.24) is 5.32 Å². The summed E-state index contributed by atoms with van der Waals surface area (Å²) in [5, 5.41) is 21.9. The molecule has 0 bridgehead atoms. The van der Waals surface area contributed by atoms with Gasteiger partial charge in [-0.2, -0.15) is 5.26 Å². The van der Waals surface area contributed by atoms with E-state index in [0.29, 0.717) is 24.7 Å². The van der Waals surface area contributed by atoms with E-state index in [1.165, 1.54) is 0 Å². The number of anilines is 1. The fraction of sp³-hybridized carbons (Fsp3) is 0.462. The van der Waals surface area contributed by atoms with Gasteiger partial charge in [0.15, 0.2) is 0 Å². The summed E-state index contributed by atoms with van der Waals surface area (Å²) in [5.41, 5.74) is 1.65. The minimum Gasteiger partial charge on any atom is -0.390 e. The Morgan fingerprint density at radius 1 is 1.47 bits per heavy atom. The summed E-state index contributed by atoms with van der Waals surface area (Å²) in [7, 11) is 0. The summed E-state index contributed by atoms with van der Waals surface area (Å²) in [6, 6.07) is 9.97. The summed E-state index contributed by atoms with van der Waals surface area (Å²) >= 11 is 0. The van der Waals surface area contributed by atoms with Crippen molar-refractivity contribution in [1.29, 1.82) is 5.26 Å². The van der Waals surface area contributed by atoms with E-state index in [4.69, 9.17) is 5.26 Å². The van der Waals surface area contributed by atoms with Gasteiger partial charge in [-0.05, 0) is 25.1 Å². The quantitative estimate of drug-likeness (QED) is 0.747. The second-order valence-corrected chi connectivity index (χ2v) is 4.48. The van der Waals surface area contributed by atoms with Crippen LogP contribution in [-0.2, 0) is 0 Å². The van der Waals surface area contributed by atoms with Gasteiger partial charge >= 0.3 is 0 Å². The standard InChI is InChI=1S/C13H17N3O/c1-10-7-15-8-13(17)9-16(10)12-4-2-3-11(5-12)6-14/h2-5,10,13,15,17H,7-9H2,1H3. The lowest BCUT2D eigenvalue weighted by Crippen LogP contribution is -2.39. The molecule has 2 unspecified atom stereocenters. The summed E-state index contributed by atoms with van der Waals surface area (Å²) in [4.78, 5) is 2.14. The predicted molar refractivity (Wildman–Crippen MR) is 66.8 cm³/mol. The second-order valence-electron chi connectivity index (χ2n) is 4.48. The summed E-state index contributed by atoms with van der Waals surface area (Å²) < 4.78 is 0. The van der Waals surface area contributed by atoms with Gasteiger partial charge in [-0.25, -0.2) is 0 Å². The molecule has 1 aliphatic heterocycles. The van der Waals surface area contributed by atoms with Crippen LogP contribution in [0.5, 0.6) is 0 Å². The molecular formula is C13H17N3O. The normalized spacial score (nSPS) is 25.1. The van der Waals surface area contributed by atoms with Crippen molar-refractivity contribution < 1.29 is 5.11 Å². The topological polar surface area (TPSA) is 59.3 Å². The highest BCUT2D eigenvalue weighted by Gasteiger charge is 2.21. The molecule has 0 saturated carbocycles. The molecule has 2 N–H and O–H groups in total. The Hall–Kier alpha value is -1.57. The summed E-state index contributed by atoms with van der Waals surface area (Å²) in [5.74, 6) is 0. The number of aliphatic hydroxyl groups is 1. The minimum atomic E-state index is -0.370. The zero-order valence-corrected chi connectivity index (χ0v) is 9.93. The minimum absolute atomic E-state index is 0.307. The smallest absolute Gasteiger partial charge is 0.0992 e. The van der Waals surface area contributed by atoms with Crippen LogP contribution >= 0.6 is 0 Å². The highest BCUT2D eigenvalue weighted by Crippen LogP contribution is 2.19. The number of nitrogens with one attached hydrogen (secondary N) is 1. The van der Waals surface area contributed by atoms with Crippen molar-refractivity contribution in [2.45, 2.75) is 19.1 Å². The Labute approximate surface area is 101 Å². The second kappa shape index (κ2) is 5.17. The Kier molecular flexibility index (Phi) is 3.62. The molecule has 0 radical (unpaired) electrons. The molecule has 1 fully saturated rings. The zero-order chi connectivity index (χ0) is 12.3. The fourth-order valence-corrected chi connectivity index (χ4v) is 2.15. The Balaban J connectivity index is 2.26. The first kappa shape index (κ1) is 11.9. The van der Waals surface area contributed by atoms with E-state index in [1.807, 2.05) is 18.2 Å². The lowest BCUT2D eigenvalue weighted by atomic mass is 10.1. The van der Waals surface area contributed by atoms with E-state index in [0.717, 1.165) is 12.2 Å². The van der Waals surface area contributed by atoms with Crippen LogP contribution in [0.3, 0.4) is 0 Å². The largest absolute Gasteiger partial charge is 0.390 e. The van der Waals surface area contributed by atoms with Crippen LogP contribution in [0.2, 0.25) is 0 Å². The third-order valence-corrected chi connectivity index (χ3v) is 3.07. The molecule has 4 heteroatoms. The average molecular weight is 231 g/mol. The number of rotatable bonds is 1. The van der Waals surface area contributed by atoms with Crippen molar-refractivity contribution in [3.05, 3.63) is 29.8 Å². The number of β-amino-alcohol motifs (C(OH)–C–C–N with tert-alkyl or cyclic N) is 1. The summed E-state index contributed by atoms with van der Waals surface area (Å²) in [6.45, 7) is 4.18. The number of nitriles is 1. The molecule has 1 aliphatic rings. The van der Waals surface area contributed by atoms with Gasteiger partial charge in [-0.15, -0.1) is 0 Å². The predicted octanol–water partition coefficient (Wildman–Crippen LogP) is 0.717. The van der Waals surface area contributed by atoms with Crippen molar-refractivity contribution in [2.24, 2.45) is 0 Å². The van der Waals surface area contributed by atoms with Crippen molar-refractivity contribution in [2.75, 3.05) is 24.5 Å². The lowest BCUT2D eigenvalue weighted by Gasteiger charge is -2.30. The molecule has 0 amide bonds. The van der Waals surface area contributed by atoms with Crippen LogP contribution in [-0.4, -0.2) is 36.9 Å². The Morgan fingerprint density at radius 2 is 2.29 bits per heavy atom. The maximum atomic E-state index is 9.80. The van der Waals surface area contributed by atoms with E-state index in [1.54, 1.807) is 6.07 Å². The van der Waals surface area contributed by atoms with Crippen LogP contribution in [0.15, 0.2) is 24.3 Å². The molecular weight excluding hydrogens is 214 g/mol. The first-order valence-electron chi connectivity index (χ1n) is 5.86. The molecule has 2 atom stereocenters. The molecule has 1 aromatic carbocycles. The van der Waals surface area contributed by atoms with E-state index in [2.05, 4.69) is 23.2 Å². The van der Waals surface area contributed by atoms with E-state index >= 15 is 0 Å². The van der Waals surface area contributed by atoms with Crippen molar-refractivity contribution >= 4 is 5.69 Å². The number of aliphatic hydroxyl groups excluding tert-OH is 1. The fourth-order valence-electron chi connectivity index (χ4n) is 2.15. The van der Waals surface area contributed by atoms with Gasteiger partial charge in [-0.3, -0.25) is 0 Å². The van der Waals surface area contributed by atoms with E-state index < -0.39 is 0 Å². The first-order chi connectivity index (χ1) is 8.20. The van der Waals surface area contributed by atoms with Crippen molar-refractivity contribution in [3.63, 3.8) is 0 Å². The zero-order valence-electron chi connectivity index (χ0n) is 9.93. The molecule has 0 aliphatic carbocycles. The highest BCUT2D eigenvalue weighted by molar-refractivity contribution is 5.52. The van der Waals surface area contributed by atoms with E-state index in [9.17, 15) is 5.11 Å². The van der Waals surface area contributed by atoms with Gasteiger partial charge in [0.25, 0.3) is 0 Å². The molecule has 4 nitrogen and oxygen atoms in total. The SMILES string of the molecule is CC1CNCC(O)CN1c1cccc(C#N)c1. The molecule has 2 rings (SSSR count). The van der Waals surface area contributed by atoms with Gasteiger partial charge in [0.2, 0.25) is 0 Å². The third kappa shape index (κ3) is 2.76. The number of hydrogen-bond donors (Lipinski definition) is 2. The van der Waals surface area contributed by atoms with Gasteiger partial charge in [-0.1, -0.05) is 6.07 Å². The summed E-state index contributed by atoms with van der Waals surface area (Å²) in [6.07, 6.45) is -0.370. The Bertz CT molecular complexity index is 427. The van der Waals surface area contributed by atoms with Crippen LogP contribution in [0.25, 0.3) is 0 Å². The van der Waals surface area contributed by atoms with Gasteiger partial charge in [0, 0.05) is 31.4 Å². The Morgan fingerprint density at radius 3 is 3.06 bits per heavy atom. The van der Waals surface area contributed by atoms with Gasteiger partial charge in [0.05, 0.1) is 17.7 Å². The molecule has 0 spiro atoms. The molecule has 17 heavy (non-hydrogen) atoms. The van der Waals surface area contributed by atoms with Gasteiger partial charge < -0.3 is 15.3 Å². The number of nitrogens with zero attached hydrogens (tertiary/aromatic N) is 2. The van der Waals surface area contributed by atoms with Crippen LogP contribution < -0.4 is 10.2 Å². The number of benzene rings is 1. The maximum Gasteiger partial charge on any atom is 0.0992 e. The first-order valence-corrected chi connectivity index (χ1v) is 5.86. The molecule has 1 aromatic rings. The van der Waals surface area contributed by atoms with Gasteiger partial charge in [0.1, 0.15) is 0 Å². The maximum absolute atomic E-state index is 9.80.